The first-order valence-corrected chi connectivity index (χ1v) is 6.93. The summed E-state index contributed by atoms with van der Waals surface area (Å²) in [6, 6.07) is 3.20. The van der Waals surface area contributed by atoms with Gasteiger partial charge in [-0.25, -0.2) is 26.9 Å². The van der Waals surface area contributed by atoms with Crippen LogP contribution in [0.15, 0.2) is 17.1 Å². The molecule has 0 fully saturated rings. The lowest BCUT2D eigenvalue weighted by Gasteiger charge is -2.09. The molecule has 23 heavy (non-hydrogen) atoms. The summed E-state index contributed by atoms with van der Waals surface area (Å²) in [6.45, 7) is 3.37. The third-order valence-electron chi connectivity index (χ3n) is 3.02. The van der Waals surface area contributed by atoms with Crippen LogP contribution < -0.4 is 0 Å². The lowest BCUT2D eigenvalue weighted by atomic mass is 10.1. The zero-order chi connectivity index (χ0) is 17.5. The van der Waals surface area contributed by atoms with Crippen LogP contribution in [-0.4, -0.2) is 5.17 Å². The molecule has 2 aromatic rings. The van der Waals surface area contributed by atoms with Gasteiger partial charge in [0.2, 0.25) is 5.82 Å². The van der Waals surface area contributed by atoms with Crippen LogP contribution in [0, 0.1) is 42.9 Å². The highest BCUT2D eigenvalue weighted by atomic mass is 35.5. The van der Waals surface area contributed by atoms with Crippen molar-refractivity contribution in [1.29, 1.82) is 0 Å². The molecule has 0 spiro atoms. The summed E-state index contributed by atoms with van der Waals surface area (Å²) in [6.07, 6.45) is 0. The number of hydrogen-bond donors (Lipinski definition) is 0. The summed E-state index contributed by atoms with van der Waals surface area (Å²) < 4.78 is 66.9. The molecule has 1 nitrogen and oxygen atoms in total. The van der Waals surface area contributed by atoms with Crippen LogP contribution in [0.1, 0.15) is 16.7 Å². The third-order valence-corrected chi connectivity index (χ3v) is 3.59. The Balaban J connectivity index is 2.69. The van der Waals surface area contributed by atoms with Crippen molar-refractivity contribution < 1.29 is 22.0 Å². The molecule has 0 saturated heterocycles. The maximum absolute atomic E-state index is 13.7. The van der Waals surface area contributed by atoms with E-state index in [2.05, 4.69) is 4.99 Å². The fourth-order valence-corrected chi connectivity index (χ4v) is 2.60. The highest BCUT2D eigenvalue weighted by Crippen LogP contribution is 2.32. The van der Waals surface area contributed by atoms with Crippen LogP contribution in [0.25, 0.3) is 0 Å². The van der Waals surface area contributed by atoms with Crippen molar-refractivity contribution in [2.75, 3.05) is 0 Å². The molecular formula is C15H8Cl2F5N. The molecule has 0 unspecified atom stereocenters. The fraction of sp³-hybridized carbons (Fsp3) is 0.133. The maximum atomic E-state index is 13.7. The number of hydrogen-bond acceptors (Lipinski definition) is 1. The minimum Gasteiger partial charge on any atom is -0.234 e. The van der Waals surface area contributed by atoms with Gasteiger partial charge in [-0.2, -0.15) is 0 Å². The molecule has 0 amide bonds. The van der Waals surface area contributed by atoms with E-state index < -0.39 is 39.8 Å². The maximum Gasteiger partial charge on any atom is 0.200 e. The van der Waals surface area contributed by atoms with E-state index in [0.29, 0.717) is 5.56 Å². The Labute approximate surface area is 138 Å². The molecule has 0 aliphatic carbocycles. The van der Waals surface area contributed by atoms with Crippen molar-refractivity contribution in [1.82, 2.24) is 0 Å². The Bertz CT molecular complexity index is 781. The smallest absolute Gasteiger partial charge is 0.200 e. The Kier molecular flexibility index (Phi) is 4.96. The molecule has 0 saturated carbocycles. The molecule has 2 rings (SSSR count). The van der Waals surface area contributed by atoms with Gasteiger partial charge in [0, 0.05) is 0 Å². The molecule has 0 N–H and O–H groups in total. The van der Waals surface area contributed by atoms with E-state index in [1.807, 2.05) is 0 Å². The highest BCUT2D eigenvalue weighted by Gasteiger charge is 2.28. The number of nitrogens with zero attached hydrogens (tertiary/aromatic N) is 1. The van der Waals surface area contributed by atoms with Gasteiger partial charge in [-0.15, -0.1) is 0 Å². The number of benzene rings is 2. The van der Waals surface area contributed by atoms with Crippen LogP contribution in [-0.2, 0) is 0 Å². The topological polar surface area (TPSA) is 12.4 Å². The van der Waals surface area contributed by atoms with Crippen molar-refractivity contribution in [3.8, 4) is 0 Å². The molecule has 0 heterocycles. The van der Waals surface area contributed by atoms with Crippen molar-refractivity contribution in [2.45, 2.75) is 13.8 Å². The number of halogens is 7. The zero-order valence-corrected chi connectivity index (χ0v) is 13.3. The number of rotatable bonds is 2. The quantitative estimate of drug-likeness (QED) is 0.268. The number of aliphatic imine (C=N–C) groups is 1. The minimum absolute atomic E-state index is 0.0752. The highest BCUT2D eigenvalue weighted by molar-refractivity contribution is 6.70. The van der Waals surface area contributed by atoms with Gasteiger partial charge in [-0.3, -0.25) is 0 Å². The summed E-state index contributed by atoms with van der Waals surface area (Å²) >= 11 is 11.7. The van der Waals surface area contributed by atoms with Crippen LogP contribution in [0.2, 0.25) is 5.02 Å². The van der Waals surface area contributed by atoms with Crippen molar-refractivity contribution >= 4 is 34.1 Å². The van der Waals surface area contributed by atoms with Gasteiger partial charge in [0.05, 0.1) is 16.3 Å². The second-order valence-corrected chi connectivity index (χ2v) is 5.52. The fourth-order valence-electron chi connectivity index (χ4n) is 1.99. The molecule has 0 aliphatic rings. The second kappa shape index (κ2) is 6.45. The van der Waals surface area contributed by atoms with Gasteiger partial charge < -0.3 is 0 Å². The van der Waals surface area contributed by atoms with Gasteiger partial charge in [-0.1, -0.05) is 29.3 Å². The monoisotopic (exact) mass is 367 g/mol. The van der Waals surface area contributed by atoms with Gasteiger partial charge in [0.25, 0.3) is 0 Å². The second-order valence-electron chi connectivity index (χ2n) is 4.76. The molecule has 0 aliphatic heterocycles. The molecule has 0 atom stereocenters. The van der Waals surface area contributed by atoms with Crippen molar-refractivity contribution in [3.63, 3.8) is 0 Å². The van der Waals surface area contributed by atoms with Crippen LogP contribution in [0.5, 0.6) is 0 Å². The van der Waals surface area contributed by atoms with E-state index in [1.54, 1.807) is 19.9 Å². The first kappa shape index (κ1) is 17.7. The average Bonchev–Trinajstić information content (AvgIpc) is 2.47. The molecule has 0 radical (unpaired) electrons. The van der Waals surface area contributed by atoms with Crippen molar-refractivity contribution in [3.05, 3.63) is 62.9 Å². The predicted molar refractivity (Wildman–Crippen MR) is 79.2 cm³/mol. The van der Waals surface area contributed by atoms with Crippen LogP contribution in [0.3, 0.4) is 0 Å². The molecule has 122 valence electrons. The SMILES string of the molecule is Cc1cc(C)c(N=C(Cl)c2c(F)c(F)c(F)c(F)c2F)c(Cl)c1. The first-order chi connectivity index (χ1) is 10.6. The van der Waals surface area contributed by atoms with Crippen LogP contribution in [0.4, 0.5) is 27.6 Å². The lowest BCUT2D eigenvalue weighted by Crippen LogP contribution is -2.10. The van der Waals surface area contributed by atoms with E-state index in [0.717, 1.165) is 5.56 Å². The van der Waals surface area contributed by atoms with E-state index >= 15 is 0 Å². The molecule has 0 bridgehead atoms. The summed E-state index contributed by atoms with van der Waals surface area (Å²) in [5, 5.41) is -0.767. The van der Waals surface area contributed by atoms with Gasteiger partial charge in [0.15, 0.2) is 23.3 Å². The van der Waals surface area contributed by atoms with E-state index in [-0.39, 0.29) is 10.7 Å². The standard InChI is InChI=1S/C15H8Cl2F5N/c1-5-3-6(2)14(7(16)4-5)23-15(17)8-9(18)11(20)13(22)12(21)10(8)19/h3-4H,1-2H3. The number of aryl methyl sites for hydroxylation is 2. The Morgan fingerprint density at radius 3 is 1.83 bits per heavy atom. The van der Waals surface area contributed by atoms with Crippen LogP contribution >= 0.6 is 23.2 Å². The zero-order valence-electron chi connectivity index (χ0n) is 11.7. The normalized spacial score (nSPS) is 12.0. The Hall–Kier alpha value is -1.66. The van der Waals surface area contributed by atoms with E-state index in [1.165, 1.54) is 6.07 Å². The average molecular weight is 368 g/mol. The van der Waals surface area contributed by atoms with Gasteiger partial charge >= 0.3 is 0 Å². The Morgan fingerprint density at radius 2 is 1.35 bits per heavy atom. The summed E-state index contributed by atoms with van der Waals surface area (Å²) in [5.74, 6) is -10.6. The van der Waals surface area contributed by atoms with Gasteiger partial charge in [0.1, 0.15) is 5.17 Å². The van der Waals surface area contributed by atoms with E-state index in [9.17, 15) is 22.0 Å². The Morgan fingerprint density at radius 1 is 0.870 bits per heavy atom. The van der Waals surface area contributed by atoms with Crippen molar-refractivity contribution in [2.24, 2.45) is 4.99 Å². The molecular weight excluding hydrogens is 360 g/mol. The van der Waals surface area contributed by atoms with E-state index in [4.69, 9.17) is 23.2 Å². The summed E-state index contributed by atoms with van der Waals surface area (Å²) in [4.78, 5) is 3.72. The first-order valence-electron chi connectivity index (χ1n) is 6.17. The lowest BCUT2D eigenvalue weighted by molar-refractivity contribution is 0.377. The minimum atomic E-state index is -2.27. The molecule has 0 aromatic heterocycles. The predicted octanol–water partition coefficient (Wildman–Crippen LogP) is 5.97. The van der Waals surface area contributed by atoms with Gasteiger partial charge in [-0.05, 0) is 31.0 Å². The largest absolute Gasteiger partial charge is 0.234 e. The molecule has 8 heteroatoms. The summed E-state index contributed by atoms with van der Waals surface area (Å²) in [7, 11) is 0. The third kappa shape index (κ3) is 3.19. The summed E-state index contributed by atoms with van der Waals surface area (Å²) in [5.41, 5.74) is 0.0983. The molecule has 2 aromatic carbocycles.